The standard InChI is InChI=1S/C14H19ClN4O2S/c1-18-6-8-19(9-7-18)5-4-17-22(20,21)13-3-2-12(11-16)14(15)10-13/h2-3,10,17H,4-9H2,1H3. The van der Waals surface area contributed by atoms with E-state index in [9.17, 15) is 8.42 Å². The summed E-state index contributed by atoms with van der Waals surface area (Å²) in [6, 6.07) is 6.02. The Morgan fingerprint density at radius 1 is 1.32 bits per heavy atom. The van der Waals surface area contributed by atoms with E-state index in [1.54, 1.807) is 0 Å². The maximum absolute atomic E-state index is 12.2. The molecule has 1 fully saturated rings. The van der Waals surface area contributed by atoms with Gasteiger partial charge >= 0.3 is 0 Å². The number of halogens is 1. The van der Waals surface area contributed by atoms with Crippen molar-refractivity contribution in [2.75, 3.05) is 46.3 Å². The van der Waals surface area contributed by atoms with Crippen LogP contribution in [0.5, 0.6) is 0 Å². The molecule has 1 saturated heterocycles. The number of piperazine rings is 1. The summed E-state index contributed by atoms with van der Waals surface area (Å²) in [6.45, 7) is 4.92. The molecule has 2 rings (SSSR count). The van der Waals surface area contributed by atoms with Gasteiger partial charge in [0.05, 0.1) is 15.5 Å². The normalized spacial score (nSPS) is 17.3. The molecule has 0 radical (unpaired) electrons. The van der Waals surface area contributed by atoms with E-state index in [1.807, 2.05) is 6.07 Å². The molecule has 0 bridgehead atoms. The lowest BCUT2D eigenvalue weighted by molar-refractivity contribution is 0.156. The molecule has 8 heteroatoms. The predicted molar refractivity (Wildman–Crippen MR) is 85.3 cm³/mol. The zero-order chi connectivity index (χ0) is 16.2. The molecule has 1 aromatic carbocycles. The summed E-state index contributed by atoms with van der Waals surface area (Å²) in [4.78, 5) is 4.56. The van der Waals surface area contributed by atoms with Crippen molar-refractivity contribution >= 4 is 21.6 Å². The number of nitriles is 1. The van der Waals surface area contributed by atoms with E-state index in [4.69, 9.17) is 16.9 Å². The van der Waals surface area contributed by atoms with Gasteiger partial charge in [-0.1, -0.05) is 11.6 Å². The number of hydrogen-bond acceptors (Lipinski definition) is 5. The minimum Gasteiger partial charge on any atom is -0.304 e. The second-order valence-electron chi connectivity index (χ2n) is 5.30. The molecular formula is C14H19ClN4O2S. The van der Waals surface area contributed by atoms with Gasteiger partial charge in [-0.2, -0.15) is 5.26 Å². The molecule has 120 valence electrons. The van der Waals surface area contributed by atoms with Gasteiger partial charge in [0.15, 0.2) is 0 Å². The van der Waals surface area contributed by atoms with Crippen LogP contribution in [0.3, 0.4) is 0 Å². The Morgan fingerprint density at radius 3 is 2.59 bits per heavy atom. The van der Waals surface area contributed by atoms with Gasteiger partial charge in [0.2, 0.25) is 10.0 Å². The highest BCUT2D eigenvalue weighted by molar-refractivity contribution is 7.89. The molecule has 0 amide bonds. The summed E-state index contributed by atoms with van der Waals surface area (Å²) >= 11 is 5.88. The van der Waals surface area contributed by atoms with Gasteiger partial charge in [0, 0.05) is 39.3 Å². The fourth-order valence-electron chi connectivity index (χ4n) is 2.25. The highest BCUT2D eigenvalue weighted by Crippen LogP contribution is 2.19. The monoisotopic (exact) mass is 342 g/mol. The predicted octanol–water partition coefficient (Wildman–Crippen LogP) is 0.737. The van der Waals surface area contributed by atoms with E-state index in [0.29, 0.717) is 13.1 Å². The smallest absolute Gasteiger partial charge is 0.240 e. The molecular weight excluding hydrogens is 324 g/mol. The molecule has 0 spiro atoms. The third-order valence-electron chi connectivity index (χ3n) is 3.69. The molecule has 1 aliphatic rings. The molecule has 1 aliphatic heterocycles. The van der Waals surface area contributed by atoms with Crippen LogP contribution in [-0.2, 0) is 10.0 Å². The van der Waals surface area contributed by atoms with Crippen molar-refractivity contribution in [3.05, 3.63) is 28.8 Å². The summed E-state index contributed by atoms with van der Waals surface area (Å²) in [7, 11) is -1.52. The van der Waals surface area contributed by atoms with E-state index >= 15 is 0 Å². The average Bonchev–Trinajstić information content (AvgIpc) is 2.49. The lowest BCUT2D eigenvalue weighted by Crippen LogP contribution is -2.46. The molecule has 0 unspecified atom stereocenters. The Kier molecular flexibility index (Phi) is 5.78. The molecule has 1 N–H and O–H groups in total. The quantitative estimate of drug-likeness (QED) is 0.854. The van der Waals surface area contributed by atoms with Crippen molar-refractivity contribution in [2.24, 2.45) is 0 Å². The summed E-state index contributed by atoms with van der Waals surface area (Å²) < 4.78 is 27.0. The van der Waals surface area contributed by atoms with E-state index in [0.717, 1.165) is 26.2 Å². The van der Waals surface area contributed by atoms with Crippen LogP contribution in [-0.4, -0.2) is 64.5 Å². The third kappa shape index (κ3) is 4.41. The Balaban J connectivity index is 1.91. The zero-order valence-corrected chi connectivity index (χ0v) is 14.0. The molecule has 0 aliphatic carbocycles. The second-order valence-corrected chi connectivity index (χ2v) is 7.47. The second kappa shape index (κ2) is 7.40. The van der Waals surface area contributed by atoms with Gasteiger partial charge in [0.1, 0.15) is 6.07 Å². The van der Waals surface area contributed by atoms with Crippen LogP contribution < -0.4 is 4.72 Å². The van der Waals surface area contributed by atoms with Gasteiger partial charge < -0.3 is 4.90 Å². The van der Waals surface area contributed by atoms with E-state index < -0.39 is 10.0 Å². The fourth-order valence-corrected chi connectivity index (χ4v) is 3.58. The molecule has 1 aromatic rings. The SMILES string of the molecule is CN1CCN(CCNS(=O)(=O)c2ccc(C#N)c(Cl)c2)CC1. The van der Waals surface area contributed by atoms with Crippen LogP contribution in [0.2, 0.25) is 5.02 Å². The minimum atomic E-state index is -3.60. The number of nitrogens with one attached hydrogen (secondary N) is 1. The first-order valence-electron chi connectivity index (χ1n) is 7.02. The Labute approximate surface area is 136 Å². The lowest BCUT2D eigenvalue weighted by Gasteiger charge is -2.32. The maximum atomic E-state index is 12.2. The summed E-state index contributed by atoms with van der Waals surface area (Å²) in [5.74, 6) is 0. The van der Waals surface area contributed by atoms with Gasteiger partial charge in [-0.3, -0.25) is 4.90 Å². The maximum Gasteiger partial charge on any atom is 0.240 e. The van der Waals surface area contributed by atoms with E-state index in [-0.39, 0.29) is 15.5 Å². The summed E-state index contributed by atoms with van der Waals surface area (Å²) in [5.41, 5.74) is 0.262. The van der Waals surface area contributed by atoms with Crippen molar-refractivity contribution < 1.29 is 8.42 Å². The lowest BCUT2D eigenvalue weighted by atomic mass is 10.2. The third-order valence-corrected chi connectivity index (χ3v) is 5.46. The first-order chi connectivity index (χ1) is 10.4. The van der Waals surface area contributed by atoms with Gasteiger partial charge in [-0.05, 0) is 25.2 Å². The number of rotatable bonds is 5. The minimum absolute atomic E-state index is 0.0786. The Hall–Kier alpha value is -1.17. The molecule has 0 atom stereocenters. The molecule has 0 aromatic heterocycles. The summed E-state index contributed by atoms with van der Waals surface area (Å²) in [6.07, 6.45) is 0. The average molecular weight is 343 g/mol. The number of benzene rings is 1. The zero-order valence-electron chi connectivity index (χ0n) is 12.4. The van der Waals surface area contributed by atoms with E-state index in [1.165, 1.54) is 18.2 Å². The number of sulfonamides is 1. The first kappa shape index (κ1) is 17.2. The highest BCUT2D eigenvalue weighted by Gasteiger charge is 2.17. The van der Waals surface area contributed by atoms with Crippen LogP contribution in [0, 0.1) is 11.3 Å². The van der Waals surface area contributed by atoms with Crippen LogP contribution in [0.1, 0.15) is 5.56 Å². The van der Waals surface area contributed by atoms with Crippen molar-refractivity contribution in [3.8, 4) is 6.07 Å². The number of nitrogens with zero attached hydrogens (tertiary/aromatic N) is 3. The van der Waals surface area contributed by atoms with E-state index in [2.05, 4.69) is 21.6 Å². The van der Waals surface area contributed by atoms with Crippen molar-refractivity contribution in [3.63, 3.8) is 0 Å². The largest absolute Gasteiger partial charge is 0.304 e. The van der Waals surface area contributed by atoms with Crippen LogP contribution in [0.4, 0.5) is 0 Å². The molecule has 0 saturated carbocycles. The van der Waals surface area contributed by atoms with Crippen molar-refractivity contribution in [1.29, 1.82) is 5.26 Å². The Morgan fingerprint density at radius 2 is 2.00 bits per heavy atom. The fraction of sp³-hybridized carbons (Fsp3) is 0.500. The topological polar surface area (TPSA) is 76.4 Å². The molecule has 6 nitrogen and oxygen atoms in total. The van der Waals surface area contributed by atoms with Gasteiger partial charge in [-0.25, -0.2) is 13.1 Å². The molecule has 1 heterocycles. The molecule has 22 heavy (non-hydrogen) atoms. The first-order valence-corrected chi connectivity index (χ1v) is 8.89. The van der Waals surface area contributed by atoms with Gasteiger partial charge in [-0.15, -0.1) is 0 Å². The van der Waals surface area contributed by atoms with Crippen LogP contribution in [0.15, 0.2) is 23.1 Å². The Bertz CT molecular complexity index is 664. The number of likely N-dealkylation sites (N-methyl/N-ethyl adjacent to an activating group) is 1. The van der Waals surface area contributed by atoms with Crippen LogP contribution >= 0.6 is 11.6 Å². The van der Waals surface area contributed by atoms with Crippen molar-refractivity contribution in [2.45, 2.75) is 4.90 Å². The van der Waals surface area contributed by atoms with Crippen molar-refractivity contribution in [1.82, 2.24) is 14.5 Å². The highest BCUT2D eigenvalue weighted by atomic mass is 35.5. The van der Waals surface area contributed by atoms with Gasteiger partial charge in [0.25, 0.3) is 0 Å². The van der Waals surface area contributed by atoms with Crippen LogP contribution in [0.25, 0.3) is 0 Å². The number of hydrogen-bond donors (Lipinski definition) is 1. The summed E-state index contributed by atoms with van der Waals surface area (Å²) in [5, 5.41) is 8.95.